The molecule has 0 radical (unpaired) electrons. The van der Waals surface area contributed by atoms with Gasteiger partial charge < -0.3 is 15.2 Å². The predicted molar refractivity (Wildman–Crippen MR) is 88.7 cm³/mol. The van der Waals surface area contributed by atoms with Crippen molar-refractivity contribution >= 4 is 17.2 Å². The predicted octanol–water partition coefficient (Wildman–Crippen LogP) is 1.98. The van der Waals surface area contributed by atoms with E-state index in [0.29, 0.717) is 11.6 Å². The minimum atomic E-state index is 0.0257. The SMILES string of the molecule is CN1CCc2c(cc(C(N)=S)c(=O)n2C2CCCCC2)C1. The number of thiocarbonyl (C=S) groups is 1. The van der Waals surface area contributed by atoms with Crippen LogP contribution in [-0.2, 0) is 13.0 Å². The summed E-state index contributed by atoms with van der Waals surface area (Å²) < 4.78 is 2.04. The van der Waals surface area contributed by atoms with E-state index in [1.165, 1.54) is 30.5 Å². The van der Waals surface area contributed by atoms with Crippen LogP contribution in [0.25, 0.3) is 0 Å². The van der Waals surface area contributed by atoms with Gasteiger partial charge in [0.25, 0.3) is 5.56 Å². The lowest BCUT2D eigenvalue weighted by Gasteiger charge is -2.33. The normalized spacial score (nSPS) is 20.2. The molecule has 0 unspecified atom stereocenters. The van der Waals surface area contributed by atoms with Crippen molar-refractivity contribution in [1.29, 1.82) is 0 Å². The lowest BCUT2D eigenvalue weighted by molar-refractivity contribution is 0.286. The maximum atomic E-state index is 12.8. The second-order valence-corrected chi connectivity index (χ2v) is 6.79. The number of likely N-dealkylation sites (N-methyl/N-ethyl adjacent to an activating group) is 1. The zero-order valence-corrected chi connectivity index (χ0v) is 13.4. The minimum Gasteiger partial charge on any atom is -0.389 e. The number of rotatable bonds is 2. The Morgan fingerprint density at radius 3 is 2.71 bits per heavy atom. The Kier molecular flexibility index (Phi) is 4.13. The van der Waals surface area contributed by atoms with Crippen molar-refractivity contribution in [1.82, 2.24) is 9.47 Å². The molecule has 1 aliphatic carbocycles. The van der Waals surface area contributed by atoms with Crippen LogP contribution in [0.4, 0.5) is 0 Å². The van der Waals surface area contributed by atoms with Gasteiger partial charge in [0, 0.05) is 31.2 Å². The van der Waals surface area contributed by atoms with Gasteiger partial charge in [-0.3, -0.25) is 4.79 Å². The molecule has 21 heavy (non-hydrogen) atoms. The molecule has 0 amide bonds. The van der Waals surface area contributed by atoms with Gasteiger partial charge in [-0.25, -0.2) is 0 Å². The Labute approximate surface area is 130 Å². The second kappa shape index (κ2) is 5.89. The molecule has 114 valence electrons. The van der Waals surface area contributed by atoms with E-state index in [0.717, 1.165) is 32.4 Å². The first kappa shape index (κ1) is 14.7. The Bertz CT molecular complexity index is 617. The molecule has 1 aromatic rings. The molecule has 2 aliphatic rings. The molecule has 1 saturated carbocycles. The number of fused-ring (bicyclic) bond motifs is 1. The number of hydrogen-bond donors (Lipinski definition) is 1. The van der Waals surface area contributed by atoms with Crippen molar-refractivity contribution < 1.29 is 0 Å². The van der Waals surface area contributed by atoms with E-state index in [2.05, 4.69) is 11.9 Å². The topological polar surface area (TPSA) is 51.3 Å². The zero-order valence-electron chi connectivity index (χ0n) is 12.6. The lowest BCUT2D eigenvalue weighted by atomic mass is 9.93. The molecule has 2 N–H and O–H groups in total. The van der Waals surface area contributed by atoms with Gasteiger partial charge in [0.05, 0.1) is 5.56 Å². The summed E-state index contributed by atoms with van der Waals surface area (Å²) in [5, 5.41) is 0. The van der Waals surface area contributed by atoms with Crippen LogP contribution in [0, 0.1) is 0 Å². The van der Waals surface area contributed by atoms with Gasteiger partial charge in [-0.05, 0) is 31.5 Å². The molecular formula is C16H23N3OS. The number of pyridine rings is 1. The molecule has 5 heteroatoms. The maximum Gasteiger partial charge on any atom is 0.261 e. The first-order chi connectivity index (χ1) is 10.1. The average Bonchev–Trinajstić information content (AvgIpc) is 2.47. The van der Waals surface area contributed by atoms with Crippen molar-refractivity contribution in [3.05, 3.63) is 33.2 Å². The van der Waals surface area contributed by atoms with E-state index in [1.807, 2.05) is 10.6 Å². The van der Waals surface area contributed by atoms with Gasteiger partial charge in [0.2, 0.25) is 0 Å². The highest BCUT2D eigenvalue weighted by Gasteiger charge is 2.26. The smallest absolute Gasteiger partial charge is 0.261 e. The maximum absolute atomic E-state index is 12.8. The van der Waals surface area contributed by atoms with E-state index in [-0.39, 0.29) is 10.5 Å². The zero-order chi connectivity index (χ0) is 15.0. The van der Waals surface area contributed by atoms with Crippen molar-refractivity contribution in [3.8, 4) is 0 Å². The third-order valence-electron chi connectivity index (χ3n) is 4.81. The molecule has 4 nitrogen and oxygen atoms in total. The third-order valence-corrected chi connectivity index (χ3v) is 5.03. The van der Waals surface area contributed by atoms with E-state index in [9.17, 15) is 4.79 Å². The molecule has 3 rings (SSSR count). The highest BCUT2D eigenvalue weighted by atomic mass is 32.1. The first-order valence-electron chi connectivity index (χ1n) is 7.83. The van der Waals surface area contributed by atoms with E-state index < -0.39 is 0 Å². The monoisotopic (exact) mass is 305 g/mol. The van der Waals surface area contributed by atoms with Crippen LogP contribution in [0.15, 0.2) is 10.9 Å². The molecule has 0 saturated heterocycles. The van der Waals surface area contributed by atoms with Crippen LogP contribution in [-0.4, -0.2) is 28.0 Å². The van der Waals surface area contributed by atoms with E-state index in [1.54, 1.807) is 0 Å². The van der Waals surface area contributed by atoms with Crippen molar-refractivity contribution in [2.45, 2.75) is 51.1 Å². The fourth-order valence-electron chi connectivity index (χ4n) is 3.71. The van der Waals surface area contributed by atoms with E-state index in [4.69, 9.17) is 18.0 Å². The van der Waals surface area contributed by atoms with Crippen LogP contribution in [0.1, 0.15) is 55.0 Å². The second-order valence-electron chi connectivity index (χ2n) is 6.35. The minimum absolute atomic E-state index is 0.0257. The summed E-state index contributed by atoms with van der Waals surface area (Å²) in [4.78, 5) is 15.3. The molecule has 0 atom stereocenters. The molecule has 0 bridgehead atoms. The highest BCUT2D eigenvalue weighted by molar-refractivity contribution is 7.80. The summed E-state index contributed by atoms with van der Waals surface area (Å²) in [6.45, 7) is 1.88. The molecule has 1 aromatic heterocycles. The molecule has 1 fully saturated rings. The molecule has 0 spiro atoms. The van der Waals surface area contributed by atoms with Crippen LogP contribution >= 0.6 is 12.2 Å². The Morgan fingerprint density at radius 2 is 2.05 bits per heavy atom. The van der Waals surface area contributed by atoms with Gasteiger partial charge in [0.15, 0.2) is 0 Å². The van der Waals surface area contributed by atoms with Crippen molar-refractivity contribution in [2.75, 3.05) is 13.6 Å². The Hall–Kier alpha value is -1.20. The summed E-state index contributed by atoms with van der Waals surface area (Å²) in [7, 11) is 2.11. The lowest BCUT2D eigenvalue weighted by Crippen LogP contribution is -2.39. The van der Waals surface area contributed by atoms with E-state index >= 15 is 0 Å². The quantitative estimate of drug-likeness (QED) is 0.849. The number of aromatic nitrogens is 1. The summed E-state index contributed by atoms with van der Waals surface area (Å²) in [5.74, 6) is 0. The number of nitrogens with zero attached hydrogens (tertiary/aromatic N) is 2. The number of nitrogens with two attached hydrogens (primary N) is 1. The van der Waals surface area contributed by atoms with Crippen molar-refractivity contribution in [3.63, 3.8) is 0 Å². The van der Waals surface area contributed by atoms with Gasteiger partial charge in [0.1, 0.15) is 4.99 Å². The first-order valence-corrected chi connectivity index (χ1v) is 8.24. The summed E-state index contributed by atoms with van der Waals surface area (Å²) in [5.41, 5.74) is 8.76. The van der Waals surface area contributed by atoms with Gasteiger partial charge >= 0.3 is 0 Å². The summed E-state index contributed by atoms with van der Waals surface area (Å²) in [6.07, 6.45) is 6.85. The molecule has 1 aliphatic heterocycles. The summed E-state index contributed by atoms with van der Waals surface area (Å²) >= 11 is 5.10. The fraction of sp³-hybridized carbons (Fsp3) is 0.625. The van der Waals surface area contributed by atoms with Gasteiger partial charge in [-0.2, -0.15) is 0 Å². The summed E-state index contributed by atoms with van der Waals surface area (Å²) in [6, 6.07) is 2.26. The molecule has 0 aromatic carbocycles. The fourth-order valence-corrected chi connectivity index (χ4v) is 3.86. The highest BCUT2D eigenvalue weighted by Crippen LogP contribution is 2.30. The van der Waals surface area contributed by atoms with Crippen molar-refractivity contribution in [2.24, 2.45) is 5.73 Å². The Morgan fingerprint density at radius 1 is 1.33 bits per heavy atom. The van der Waals surface area contributed by atoms with Crippen LogP contribution in [0.5, 0.6) is 0 Å². The van der Waals surface area contributed by atoms with Gasteiger partial charge in [-0.1, -0.05) is 31.5 Å². The Balaban J connectivity index is 2.15. The third kappa shape index (κ3) is 2.77. The average molecular weight is 305 g/mol. The standard InChI is InChI=1S/C16H23N3OS/c1-18-8-7-14-11(10-18)9-13(15(17)21)16(20)19(14)12-5-3-2-4-6-12/h9,12H,2-8,10H2,1H3,(H2,17,21). The number of hydrogen-bond acceptors (Lipinski definition) is 3. The van der Waals surface area contributed by atoms with Gasteiger partial charge in [-0.15, -0.1) is 0 Å². The molecule has 2 heterocycles. The van der Waals surface area contributed by atoms with Crippen LogP contribution in [0.2, 0.25) is 0 Å². The largest absolute Gasteiger partial charge is 0.389 e. The molecular weight excluding hydrogens is 282 g/mol. The van der Waals surface area contributed by atoms with Crippen LogP contribution < -0.4 is 11.3 Å². The van der Waals surface area contributed by atoms with Crippen LogP contribution in [0.3, 0.4) is 0 Å².